The highest BCUT2D eigenvalue weighted by Crippen LogP contribution is 2.31. The number of aromatic nitrogens is 2. The summed E-state index contributed by atoms with van der Waals surface area (Å²) in [5.41, 5.74) is 0.698. The van der Waals surface area contributed by atoms with Crippen molar-refractivity contribution in [1.82, 2.24) is 20.2 Å². The molecule has 178 valence electrons. The molecule has 0 spiro atoms. The maximum Gasteiger partial charge on any atom is 0.387 e. The summed E-state index contributed by atoms with van der Waals surface area (Å²) in [6.07, 6.45) is 6.75. The lowest BCUT2D eigenvalue weighted by Crippen LogP contribution is -2.44. The fourth-order valence-electron chi connectivity index (χ4n) is 3.75. The summed E-state index contributed by atoms with van der Waals surface area (Å²) < 4.78 is 32.3. The number of benzene rings is 1. The SMILES string of the molecule is CCNC(=NCCCCn1ccnc1C)NC1CCN(c2ccccc2OC(F)F)C1.I. The van der Waals surface area contributed by atoms with E-state index in [0.29, 0.717) is 12.2 Å². The molecule has 0 radical (unpaired) electrons. The van der Waals surface area contributed by atoms with E-state index in [9.17, 15) is 8.78 Å². The molecule has 1 fully saturated rings. The van der Waals surface area contributed by atoms with Crippen LogP contribution >= 0.6 is 24.0 Å². The molecule has 1 saturated heterocycles. The number of para-hydroxylation sites is 2. The summed E-state index contributed by atoms with van der Waals surface area (Å²) in [4.78, 5) is 11.0. The van der Waals surface area contributed by atoms with Gasteiger partial charge in [0.05, 0.1) is 5.69 Å². The third-order valence-electron chi connectivity index (χ3n) is 5.30. The molecule has 0 saturated carbocycles. The minimum absolute atomic E-state index is 0. The Kier molecular flexibility index (Phi) is 11.0. The first-order valence-corrected chi connectivity index (χ1v) is 10.9. The summed E-state index contributed by atoms with van der Waals surface area (Å²) in [5.74, 6) is 2.04. The second-order valence-electron chi connectivity index (χ2n) is 7.56. The Labute approximate surface area is 205 Å². The number of hydrogen-bond donors (Lipinski definition) is 2. The van der Waals surface area contributed by atoms with Crippen molar-refractivity contribution in [1.29, 1.82) is 0 Å². The fraction of sp³-hybridized carbons (Fsp3) is 0.545. The zero-order chi connectivity index (χ0) is 22.1. The third kappa shape index (κ3) is 7.79. The Bertz CT molecular complexity index is 847. The van der Waals surface area contributed by atoms with E-state index in [2.05, 4.69) is 29.8 Å². The van der Waals surface area contributed by atoms with Gasteiger partial charge in [-0.2, -0.15) is 8.78 Å². The van der Waals surface area contributed by atoms with Crippen LogP contribution in [0.3, 0.4) is 0 Å². The fourth-order valence-corrected chi connectivity index (χ4v) is 3.75. The first-order valence-electron chi connectivity index (χ1n) is 10.9. The summed E-state index contributed by atoms with van der Waals surface area (Å²) >= 11 is 0. The second-order valence-corrected chi connectivity index (χ2v) is 7.56. The smallest absolute Gasteiger partial charge is 0.387 e. The van der Waals surface area contributed by atoms with Crippen molar-refractivity contribution in [3.63, 3.8) is 0 Å². The number of alkyl halides is 2. The molecule has 2 heterocycles. The first kappa shape index (κ1) is 26.1. The zero-order valence-corrected chi connectivity index (χ0v) is 21.0. The molecule has 0 amide bonds. The Morgan fingerprint density at radius 2 is 2.12 bits per heavy atom. The standard InChI is InChI=1S/C22H32F2N6O.HI/c1-3-25-22(27-11-6-7-13-29-15-12-26-17(29)2)28-18-10-14-30(16-18)19-8-4-5-9-20(19)31-21(23)24;/h4-5,8-9,12,15,18,21H,3,6-7,10-11,13-14,16H2,1-2H3,(H2,25,27,28);1H. The molecule has 10 heteroatoms. The number of hydrogen-bond acceptors (Lipinski definition) is 4. The molecular weight excluding hydrogens is 529 g/mol. The van der Waals surface area contributed by atoms with E-state index < -0.39 is 6.61 Å². The normalized spacial score (nSPS) is 16.2. The van der Waals surface area contributed by atoms with Crippen LogP contribution in [0.5, 0.6) is 5.75 Å². The summed E-state index contributed by atoms with van der Waals surface area (Å²) in [6.45, 7) is 5.16. The van der Waals surface area contributed by atoms with Crippen LogP contribution in [0.1, 0.15) is 32.0 Å². The quantitative estimate of drug-likeness (QED) is 0.198. The second kappa shape index (κ2) is 13.4. The van der Waals surface area contributed by atoms with Gasteiger partial charge in [-0.3, -0.25) is 4.99 Å². The van der Waals surface area contributed by atoms with Gasteiger partial charge in [0.1, 0.15) is 11.6 Å². The molecule has 7 nitrogen and oxygen atoms in total. The van der Waals surface area contributed by atoms with Gasteiger partial charge >= 0.3 is 6.61 Å². The molecule has 1 aliphatic rings. The topological polar surface area (TPSA) is 66.7 Å². The maximum atomic E-state index is 12.7. The van der Waals surface area contributed by atoms with E-state index in [1.165, 1.54) is 0 Å². The number of aliphatic imine (C=N–C) groups is 1. The van der Waals surface area contributed by atoms with Gasteiger partial charge in [0.2, 0.25) is 0 Å². The highest BCUT2D eigenvalue weighted by atomic mass is 127. The summed E-state index contributed by atoms with van der Waals surface area (Å²) in [7, 11) is 0. The Morgan fingerprint density at radius 3 is 2.84 bits per heavy atom. The molecule has 0 bridgehead atoms. The minimum atomic E-state index is -2.83. The van der Waals surface area contributed by atoms with Crippen molar-refractivity contribution in [2.45, 2.75) is 52.3 Å². The molecule has 2 N–H and O–H groups in total. The third-order valence-corrected chi connectivity index (χ3v) is 5.30. The van der Waals surface area contributed by atoms with Gasteiger partial charge in [0, 0.05) is 51.2 Å². The van der Waals surface area contributed by atoms with Gasteiger partial charge < -0.3 is 24.8 Å². The van der Waals surface area contributed by atoms with Gasteiger partial charge in [-0.15, -0.1) is 24.0 Å². The van der Waals surface area contributed by atoms with E-state index in [1.807, 2.05) is 38.4 Å². The van der Waals surface area contributed by atoms with Crippen molar-refractivity contribution in [2.24, 2.45) is 4.99 Å². The molecular formula is C22H33F2IN6O. The maximum absolute atomic E-state index is 12.7. The zero-order valence-electron chi connectivity index (χ0n) is 18.6. The largest absolute Gasteiger partial charge is 0.433 e. The molecule has 1 atom stereocenters. The van der Waals surface area contributed by atoms with E-state index in [1.54, 1.807) is 12.1 Å². The number of ether oxygens (including phenoxy) is 1. The molecule has 1 unspecified atom stereocenters. The molecule has 3 rings (SSSR count). The number of rotatable bonds is 10. The number of guanidine groups is 1. The van der Waals surface area contributed by atoms with E-state index in [-0.39, 0.29) is 35.8 Å². The van der Waals surface area contributed by atoms with Crippen molar-refractivity contribution in [2.75, 3.05) is 31.1 Å². The lowest BCUT2D eigenvalue weighted by Gasteiger charge is -2.22. The lowest BCUT2D eigenvalue weighted by atomic mass is 10.2. The number of halogens is 3. The van der Waals surface area contributed by atoms with Crippen LogP contribution in [0.25, 0.3) is 0 Å². The van der Waals surface area contributed by atoms with Crippen LogP contribution in [-0.4, -0.2) is 54.3 Å². The molecule has 1 aromatic carbocycles. The average molecular weight is 562 g/mol. The van der Waals surface area contributed by atoms with Crippen molar-refractivity contribution in [3.8, 4) is 5.75 Å². The predicted octanol–water partition coefficient (Wildman–Crippen LogP) is 4.03. The van der Waals surface area contributed by atoms with Gasteiger partial charge in [0.15, 0.2) is 5.96 Å². The number of unbranched alkanes of at least 4 members (excludes halogenated alkanes) is 1. The average Bonchev–Trinajstić information content (AvgIpc) is 3.37. The highest BCUT2D eigenvalue weighted by molar-refractivity contribution is 14.0. The van der Waals surface area contributed by atoms with Crippen LogP contribution < -0.4 is 20.3 Å². The molecule has 2 aromatic rings. The van der Waals surface area contributed by atoms with Gasteiger partial charge in [-0.25, -0.2) is 4.98 Å². The van der Waals surface area contributed by atoms with E-state index in [0.717, 1.165) is 57.2 Å². The summed E-state index contributed by atoms with van der Waals surface area (Å²) in [6, 6.07) is 7.13. The van der Waals surface area contributed by atoms with Crippen LogP contribution in [0.4, 0.5) is 14.5 Å². The summed E-state index contributed by atoms with van der Waals surface area (Å²) in [5, 5.41) is 6.78. The monoisotopic (exact) mass is 562 g/mol. The van der Waals surface area contributed by atoms with Crippen molar-refractivity contribution in [3.05, 3.63) is 42.5 Å². The van der Waals surface area contributed by atoms with E-state index >= 15 is 0 Å². The number of anilines is 1. The Morgan fingerprint density at radius 1 is 1.31 bits per heavy atom. The number of aryl methyl sites for hydroxylation is 2. The molecule has 1 aromatic heterocycles. The number of nitrogens with one attached hydrogen (secondary N) is 2. The van der Waals surface area contributed by atoms with Crippen LogP contribution in [0.2, 0.25) is 0 Å². The van der Waals surface area contributed by atoms with Gasteiger partial charge in [0.25, 0.3) is 0 Å². The highest BCUT2D eigenvalue weighted by Gasteiger charge is 2.26. The van der Waals surface area contributed by atoms with Crippen LogP contribution in [0, 0.1) is 6.92 Å². The molecule has 1 aliphatic heterocycles. The van der Waals surface area contributed by atoms with Gasteiger partial charge in [-0.1, -0.05) is 12.1 Å². The van der Waals surface area contributed by atoms with Crippen LogP contribution in [-0.2, 0) is 6.54 Å². The Hall–Kier alpha value is -2.11. The predicted molar refractivity (Wildman–Crippen MR) is 134 cm³/mol. The van der Waals surface area contributed by atoms with Gasteiger partial charge in [-0.05, 0) is 45.2 Å². The molecule has 0 aliphatic carbocycles. The Balaban J connectivity index is 0.00000363. The van der Waals surface area contributed by atoms with Crippen molar-refractivity contribution >= 4 is 35.6 Å². The van der Waals surface area contributed by atoms with Crippen LogP contribution in [0.15, 0.2) is 41.7 Å². The molecule has 32 heavy (non-hydrogen) atoms. The number of nitrogens with zero attached hydrogens (tertiary/aromatic N) is 4. The van der Waals surface area contributed by atoms with Crippen molar-refractivity contribution < 1.29 is 13.5 Å². The number of imidazole rings is 1. The van der Waals surface area contributed by atoms with E-state index in [4.69, 9.17) is 4.99 Å². The minimum Gasteiger partial charge on any atom is -0.433 e. The first-order chi connectivity index (χ1) is 15.1. The lowest BCUT2D eigenvalue weighted by molar-refractivity contribution is -0.0495.